The van der Waals surface area contributed by atoms with E-state index < -0.39 is 0 Å². The fraction of sp³-hybridized carbons (Fsp3) is 0.263. The van der Waals surface area contributed by atoms with Crippen LogP contribution in [0.3, 0.4) is 0 Å². The maximum atomic E-state index is 12.3. The first-order valence-corrected chi connectivity index (χ1v) is 9.76. The first-order chi connectivity index (χ1) is 12.7. The highest BCUT2D eigenvalue weighted by atomic mass is 35.5. The number of benzene rings is 1. The average molecular weight is 387 g/mol. The van der Waals surface area contributed by atoms with Crippen LogP contribution in [0.5, 0.6) is 0 Å². The maximum Gasteiger partial charge on any atom is 0.280 e. The molecule has 1 N–H and O–H groups in total. The highest BCUT2D eigenvalue weighted by Gasteiger charge is 2.21. The zero-order valence-corrected chi connectivity index (χ0v) is 15.7. The Kier molecular flexibility index (Phi) is 4.95. The van der Waals surface area contributed by atoms with Gasteiger partial charge in [-0.2, -0.15) is 4.07 Å². The summed E-state index contributed by atoms with van der Waals surface area (Å²) < 4.78 is 1.66. The molecule has 7 heteroatoms. The predicted molar refractivity (Wildman–Crippen MR) is 108 cm³/mol. The Hall–Kier alpha value is -2.31. The Morgan fingerprint density at radius 3 is 2.58 bits per heavy atom. The lowest BCUT2D eigenvalue weighted by Gasteiger charge is -2.33. The van der Waals surface area contributed by atoms with Gasteiger partial charge >= 0.3 is 0 Å². The number of rotatable bonds is 4. The van der Waals surface area contributed by atoms with Crippen LogP contribution < -0.4 is 15.9 Å². The average Bonchev–Trinajstić information content (AvgIpc) is 3.04. The van der Waals surface area contributed by atoms with Gasteiger partial charge in [0, 0.05) is 31.4 Å². The molecule has 0 unspecified atom stereocenters. The fourth-order valence-corrected chi connectivity index (χ4v) is 4.18. The van der Waals surface area contributed by atoms with E-state index in [4.69, 9.17) is 11.6 Å². The summed E-state index contributed by atoms with van der Waals surface area (Å²) in [6.45, 7) is 1.80. The second kappa shape index (κ2) is 7.51. The van der Waals surface area contributed by atoms with Crippen LogP contribution in [0, 0.1) is 0 Å². The topological polar surface area (TPSA) is 50.2 Å². The van der Waals surface area contributed by atoms with Crippen LogP contribution in [-0.2, 0) is 0 Å². The quantitative estimate of drug-likeness (QED) is 0.740. The number of piperidine rings is 1. The van der Waals surface area contributed by atoms with Gasteiger partial charge in [0.05, 0.1) is 9.90 Å². The summed E-state index contributed by atoms with van der Waals surface area (Å²) in [5, 5.41) is 0.650. The first kappa shape index (κ1) is 17.1. The van der Waals surface area contributed by atoms with Gasteiger partial charge in [-0.15, -0.1) is 0 Å². The Morgan fingerprint density at radius 1 is 1.12 bits per heavy atom. The van der Waals surface area contributed by atoms with Crippen molar-refractivity contribution in [3.05, 3.63) is 70.1 Å². The molecule has 0 bridgehead atoms. The highest BCUT2D eigenvalue weighted by molar-refractivity contribution is 7.10. The molecule has 0 spiro atoms. The van der Waals surface area contributed by atoms with Gasteiger partial charge in [0.15, 0.2) is 0 Å². The molecule has 1 aromatic carbocycles. The van der Waals surface area contributed by atoms with Gasteiger partial charge in [-0.25, -0.2) is 4.98 Å². The van der Waals surface area contributed by atoms with E-state index in [9.17, 15) is 4.79 Å². The van der Waals surface area contributed by atoms with Gasteiger partial charge in [0.2, 0.25) is 0 Å². The van der Waals surface area contributed by atoms with Crippen molar-refractivity contribution < 1.29 is 0 Å². The number of nitrogens with one attached hydrogen (secondary N) is 1. The van der Waals surface area contributed by atoms with E-state index in [0.29, 0.717) is 5.02 Å². The summed E-state index contributed by atoms with van der Waals surface area (Å²) >= 11 is 7.36. The predicted octanol–water partition coefficient (Wildman–Crippen LogP) is 3.84. The maximum absolute atomic E-state index is 12.3. The minimum atomic E-state index is -0.00403. The number of pyridine rings is 1. The van der Waals surface area contributed by atoms with E-state index in [1.807, 2.05) is 42.5 Å². The van der Waals surface area contributed by atoms with Crippen molar-refractivity contribution in [3.8, 4) is 10.4 Å². The lowest BCUT2D eigenvalue weighted by atomic mass is 10.1. The monoisotopic (exact) mass is 386 g/mol. The second-order valence-electron chi connectivity index (χ2n) is 6.32. The molecule has 0 aliphatic carbocycles. The summed E-state index contributed by atoms with van der Waals surface area (Å²) in [7, 11) is 0. The number of halogens is 1. The largest absolute Gasteiger partial charge is 0.356 e. The van der Waals surface area contributed by atoms with Crippen molar-refractivity contribution in [3.63, 3.8) is 0 Å². The summed E-state index contributed by atoms with van der Waals surface area (Å²) in [5.74, 6) is 0.951. The van der Waals surface area contributed by atoms with Crippen LogP contribution in [0.2, 0.25) is 5.02 Å². The van der Waals surface area contributed by atoms with E-state index in [2.05, 4.69) is 15.3 Å². The number of hydrogen-bond acceptors (Lipinski definition) is 5. The number of nitrogens with zero attached hydrogens (tertiary/aromatic N) is 3. The van der Waals surface area contributed by atoms with Crippen molar-refractivity contribution in [2.75, 3.05) is 23.4 Å². The lowest BCUT2D eigenvalue weighted by molar-refractivity contribution is 0.496. The van der Waals surface area contributed by atoms with Gasteiger partial charge in [-0.1, -0.05) is 41.9 Å². The molecule has 5 nitrogen and oxygen atoms in total. The van der Waals surface area contributed by atoms with Crippen LogP contribution in [0.15, 0.2) is 59.5 Å². The third-order valence-electron chi connectivity index (χ3n) is 4.53. The SMILES string of the molecule is O=c1cc(-c2ccccc2)sn1NC1CCN(c2ccc(Cl)cn2)CC1. The number of aromatic nitrogens is 2. The van der Waals surface area contributed by atoms with Gasteiger partial charge < -0.3 is 10.3 Å². The van der Waals surface area contributed by atoms with Crippen LogP contribution >= 0.6 is 23.1 Å². The van der Waals surface area contributed by atoms with Gasteiger partial charge in [-0.3, -0.25) is 4.79 Å². The molecule has 0 saturated carbocycles. The van der Waals surface area contributed by atoms with Crippen LogP contribution in [0.25, 0.3) is 10.4 Å². The van der Waals surface area contributed by atoms with Crippen molar-refractivity contribution in [1.82, 2.24) is 9.05 Å². The molecule has 1 aliphatic heterocycles. The van der Waals surface area contributed by atoms with E-state index in [1.165, 1.54) is 11.5 Å². The van der Waals surface area contributed by atoms with E-state index in [-0.39, 0.29) is 11.6 Å². The number of anilines is 1. The van der Waals surface area contributed by atoms with E-state index in [0.717, 1.165) is 42.2 Å². The molecule has 0 atom stereocenters. The summed E-state index contributed by atoms with van der Waals surface area (Å²) in [4.78, 5) is 19.9. The van der Waals surface area contributed by atoms with Crippen LogP contribution in [0.4, 0.5) is 5.82 Å². The number of hydrogen-bond donors (Lipinski definition) is 1. The molecule has 4 rings (SSSR count). The first-order valence-electron chi connectivity index (χ1n) is 8.61. The molecular weight excluding hydrogens is 368 g/mol. The summed E-state index contributed by atoms with van der Waals surface area (Å²) in [6.07, 6.45) is 3.59. The zero-order chi connectivity index (χ0) is 17.9. The molecule has 134 valence electrons. The smallest absolute Gasteiger partial charge is 0.280 e. The third kappa shape index (κ3) is 3.76. The molecule has 3 aromatic rings. The molecule has 1 saturated heterocycles. The molecule has 2 aromatic heterocycles. The Labute approximate surface area is 161 Å². The fourth-order valence-electron chi connectivity index (χ4n) is 3.13. The van der Waals surface area contributed by atoms with Crippen molar-refractivity contribution in [2.24, 2.45) is 0 Å². The van der Waals surface area contributed by atoms with Gasteiger partial charge in [-0.05, 0) is 42.1 Å². The van der Waals surface area contributed by atoms with Crippen molar-refractivity contribution in [1.29, 1.82) is 0 Å². The Morgan fingerprint density at radius 2 is 1.88 bits per heavy atom. The summed E-state index contributed by atoms with van der Waals surface area (Å²) in [5.41, 5.74) is 4.44. The van der Waals surface area contributed by atoms with Crippen molar-refractivity contribution in [2.45, 2.75) is 18.9 Å². The van der Waals surface area contributed by atoms with Gasteiger partial charge in [0.1, 0.15) is 5.82 Å². The lowest BCUT2D eigenvalue weighted by Crippen LogP contribution is -2.43. The molecule has 3 heterocycles. The molecule has 1 aliphatic rings. The molecule has 26 heavy (non-hydrogen) atoms. The Balaban J connectivity index is 1.40. The third-order valence-corrected chi connectivity index (χ3v) is 5.77. The van der Waals surface area contributed by atoms with Crippen LogP contribution in [-0.4, -0.2) is 28.2 Å². The van der Waals surface area contributed by atoms with E-state index in [1.54, 1.807) is 16.3 Å². The minimum Gasteiger partial charge on any atom is -0.356 e. The molecular formula is C19H19ClN4OS. The molecule has 1 fully saturated rings. The molecule has 0 radical (unpaired) electrons. The highest BCUT2D eigenvalue weighted by Crippen LogP contribution is 2.23. The standard InChI is InChI=1S/C19H19ClN4OS/c20-15-6-7-18(21-13-15)23-10-8-16(9-11-23)22-24-19(25)12-17(26-24)14-4-2-1-3-5-14/h1-7,12-13,16,22H,8-11H2. The zero-order valence-electron chi connectivity index (χ0n) is 14.1. The van der Waals surface area contributed by atoms with Gasteiger partial charge in [0.25, 0.3) is 5.56 Å². The second-order valence-corrected chi connectivity index (χ2v) is 7.75. The summed E-state index contributed by atoms with van der Waals surface area (Å²) in [6, 6.07) is 15.8. The normalized spacial score (nSPS) is 15.2. The Bertz CT molecular complexity index is 915. The van der Waals surface area contributed by atoms with E-state index >= 15 is 0 Å². The molecule has 0 amide bonds. The van der Waals surface area contributed by atoms with Crippen molar-refractivity contribution >= 4 is 29.0 Å². The van der Waals surface area contributed by atoms with Crippen LogP contribution in [0.1, 0.15) is 12.8 Å². The minimum absolute atomic E-state index is 0.00403.